The molecular weight excluding hydrogens is 229 g/mol. The molecule has 0 radical (unpaired) electrons. The van der Waals surface area contributed by atoms with Gasteiger partial charge in [0.25, 0.3) is 0 Å². The summed E-state index contributed by atoms with van der Waals surface area (Å²) in [5.74, 6) is 0.682. The Morgan fingerprint density at radius 3 is 2.67 bits per heavy atom. The van der Waals surface area contributed by atoms with Crippen LogP contribution < -0.4 is 5.32 Å². The van der Waals surface area contributed by atoms with E-state index in [0.717, 1.165) is 6.07 Å². The van der Waals surface area contributed by atoms with Crippen LogP contribution >= 0.6 is 11.6 Å². The molecule has 0 spiro atoms. The van der Waals surface area contributed by atoms with Crippen LogP contribution in [0.2, 0.25) is 0 Å². The van der Waals surface area contributed by atoms with Crippen LogP contribution in [0.15, 0.2) is 18.2 Å². The van der Waals surface area contributed by atoms with Crippen LogP contribution in [0.1, 0.15) is 12.1 Å². The molecule has 0 saturated carbocycles. The minimum Gasteiger partial charge on any atom is -0.370 e. The van der Waals surface area contributed by atoms with Crippen molar-refractivity contribution < 1.29 is 13.2 Å². The Hall–Kier alpha value is -0.970. The second-order valence-electron chi connectivity index (χ2n) is 2.88. The SMILES string of the molecule is FC(F)(F)c1cccc(NCCCCl)n1. The van der Waals surface area contributed by atoms with E-state index in [9.17, 15) is 13.2 Å². The molecule has 15 heavy (non-hydrogen) atoms. The van der Waals surface area contributed by atoms with Crippen LogP contribution in [0.5, 0.6) is 0 Å². The normalized spacial score (nSPS) is 11.5. The van der Waals surface area contributed by atoms with Gasteiger partial charge in [-0.1, -0.05) is 6.07 Å². The average molecular weight is 239 g/mol. The third-order valence-corrected chi connectivity index (χ3v) is 1.92. The van der Waals surface area contributed by atoms with Crippen molar-refractivity contribution in [2.24, 2.45) is 0 Å². The number of anilines is 1. The lowest BCUT2D eigenvalue weighted by Crippen LogP contribution is -2.10. The van der Waals surface area contributed by atoms with E-state index in [1.807, 2.05) is 0 Å². The van der Waals surface area contributed by atoms with Gasteiger partial charge in [0, 0.05) is 12.4 Å². The van der Waals surface area contributed by atoms with E-state index in [-0.39, 0.29) is 5.82 Å². The first kappa shape index (κ1) is 12.1. The van der Waals surface area contributed by atoms with Gasteiger partial charge in [-0.05, 0) is 18.6 Å². The summed E-state index contributed by atoms with van der Waals surface area (Å²) in [5.41, 5.74) is -0.890. The molecule has 84 valence electrons. The molecule has 1 heterocycles. The fourth-order valence-corrected chi connectivity index (χ4v) is 1.11. The van der Waals surface area contributed by atoms with Gasteiger partial charge >= 0.3 is 6.18 Å². The summed E-state index contributed by atoms with van der Waals surface area (Å²) in [4.78, 5) is 3.44. The van der Waals surface area contributed by atoms with E-state index in [1.54, 1.807) is 0 Å². The van der Waals surface area contributed by atoms with Crippen molar-refractivity contribution in [2.75, 3.05) is 17.7 Å². The zero-order chi connectivity index (χ0) is 11.3. The molecule has 6 heteroatoms. The minimum absolute atomic E-state index is 0.218. The zero-order valence-corrected chi connectivity index (χ0v) is 8.57. The number of nitrogens with one attached hydrogen (secondary N) is 1. The number of aromatic nitrogens is 1. The summed E-state index contributed by atoms with van der Waals surface area (Å²) in [7, 11) is 0. The fourth-order valence-electron chi connectivity index (χ4n) is 0.974. The summed E-state index contributed by atoms with van der Waals surface area (Å²) in [6, 6.07) is 3.75. The standard InChI is InChI=1S/C9H10ClF3N2/c10-5-2-6-14-8-4-1-3-7(15-8)9(11,12)13/h1,3-4H,2,5-6H2,(H,14,15). The highest BCUT2D eigenvalue weighted by atomic mass is 35.5. The summed E-state index contributed by atoms with van der Waals surface area (Å²) < 4.78 is 36.7. The third-order valence-electron chi connectivity index (χ3n) is 1.66. The molecule has 0 amide bonds. The highest BCUT2D eigenvalue weighted by Gasteiger charge is 2.32. The summed E-state index contributed by atoms with van der Waals surface area (Å²) in [5, 5.41) is 2.76. The first-order valence-corrected chi connectivity index (χ1v) is 4.91. The summed E-state index contributed by atoms with van der Waals surface area (Å²) in [6.45, 7) is 0.512. The molecule has 1 aromatic rings. The van der Waals surface area contributed by atoms with Crippen molar-refractivity contribution in [3.63, 3.8) is 0 Å². The predicted octanol–water partition coefficient (Wildman–Crippen LogP) is 3.14. The molecule has 0 aliphatic rings. The molecule has 0 bridgehead atoms. The van der Waals surface area contributed by atoms with Crippen LogP contribution in [-0.2, 0) is 6.18 Å². The second kappa shape index (κ2) is 5.21. The molecule has 0 aliphatic carbocycles. The van der Waals surface area contributed by atoms with Crippen molar-refractivity contribution in [1.29, 1.82) is 0 Å². The highest BCUT2D eigenvalue weighted by molar-refractivity contribution is 6.17. The topological polar surface area (TPSA) is 24.9 Å². The number of nitrogens with zero attached hydrogens (tertiary/aromatic N) is 1. The van der Waals surface area contributed by atoms with Crippen molar-refractivity contribution in [3.05, 3.63) is 23.9 Å². The Balaban J connectivity index is 2.66. The molecule has 0 fully saturated rings. The van der Waals surface area contributed by atoms with Gasteiger partial charge in [-0.25, -0.2) is 4.98 Å². The van der Waals surface area contributed by atoms with Crippen molar-refractivity contribution in [2.45, 2.75) is 12.6 Å². The molecule has 0 aliphatic heterocycles. The fraction of sp³-hybridized carbons (Fsp3) is 0.444. The molecular formula is C9H10ClF3N2. The predicted molar refractivity (Wildman–Crippen MR) is 53.1 cm³/mol. The lowest BCUT2D eigenvalue weighted by atomic mass is 10.3. The van der Waals surface area contributed by atoms with Crippen LogP contribution in [0, 0.1) is 0 Å². The van der Waals surface area contributed by atoms with Gasteiger partial charge in [0.2, 0.25) is 0 Å². The lowest BCUT2D eigenvalue weighted by Gasteiger charge is -2.08. The minimum atomic E-state index is -4.40. The van der Waals surface area contributed by atoms with E-state index in [1.165, 1.54) is 12.1 Å². The number of rotatable bonds is 4. The molecule has 0 atom stereocenters. The van der Waals surface area contributed by atoms with Crippen LogP contribution in [0.3, 0.4) is 0 Å². The van der Waals surface area contributed by atoms with E-state index in [2.05, 4.69) is 10.3 Å². The first-order chi connectivity index (χ1) is 7.04. The van der Waals surface area contributed by atoms with Gasteiger partial charge in [-0.2, -0.15) is 13.2 Å². The van der Waals surface area contributed by atoms with Crippen LogP contribution in [0.25, 0.3) is 0 Å². The maximum atomic E-state index is 12.2. The Morgan fingerprint density at radius 1 is 1.33 bits per heavy atom. The molecule has 2 nitrogen and oxygen atoms in total. The molecule has 0 unspecified atom stereocenters. The first-order valence-electron chi connectivity index (χ1n) is 4.38. The summed E-state index contributed by atoms with van der Waals surface area (Å²) in [6.07, 6.45) is -3.72. The number of alkyl halides is 4. The van der Waals surface area contributed by atoms with Gasteiger partial charge in [-0.3, -0.25) is 0 Å². The summed E-state index contributed by atoms with van der Waals surface area (Å²) >= 11 is 5.43. The smallest absolute Gasteiger partial charge is 0.370 e. The van der Waals surface area contributed by atoms with Crippen molar-refractivity contribution >= 4 is 17.4 Å². The van der Waals surface area contributed by atoms with Crippen LogP contribution in [-0.4, -0.2) is 17.4 Å². The van der Waals surface area contributed by atoms with Gasteiger partial charge in [0.1, 0.15) is 11.5 Å². The second-order valence-corrected chi connectivity index (χ2v) is 3.25. The molecule has 1 aromatic heterocycles. The maximum absolute atomic E-state index is 12.2. The number of hydrogen-bond acceptors (Lipinski definition) is 2. The molecule has 1 rings (SSSR count). The molecule has 1 N–H and O–H groups in total. The third kappa shape index (κ3) is 3.95. The van der Waals surface area contributed by atoms with E-state index < -0.39 is 11.9 Å². The van der Waals surface area contributed by atoms with Gasteiger partial charge < -0.3 is 5.32 Å². The Morgan fingerprint density at radius 2 is 2.07 bits per heavy atom. The van der Waals surface area contributed by atoms with Crippen molar-refractivity contribution in [3.8, 4) is 0 Å². The maximum Gasteiger partial charge on any atom is 0.433 e. The lowest BCUT2D eigenvalue weighted by molar-refractivity contribution is -0.141. The average Bonchev–Trinajstić information content (AvgIpc) is 2.17. The number of halogens is 4. The van der Waals surface area contributed by atoms with E-state index in [4.69, 9.17) is 11.6 Å². The van der Waals surface area contributed by atoms with Gasteiger partial charge in [0.05, 0.1) is 0 Å². The Labute approximate surface area is 90.5 Å². The van der Waals surface area contributed by atoms with Crippen LogP contribution in [0.4, 0.5) is 19.0 Å². The molecule has 0 saturated heterocycles. The largest absolute Gasteiger partial charge is 0.433 e. The van der Waals surface area contributed by atoms with E-state index >= 15 is 0 Å². The Kier molecular flexibility index (Phi) is 4.20. The van der Waals surface area contributed by atoms with E-state index in [0.29, 0.717) is 18.8 Å². The molecule has 0 aromatic carbocycles. The van der Waals surface area contributed by atoms with Crippen molar-refractivity contribution in [1.82, 2.24) is 4.98 Å². The van der Waals surface area contributed by atoms with Gasteiger partial charge in [0.15, 0.2) is 0 Å². The zero-order valence-electron chi connectivity index (χ0n) is 7.81. The Bertz CT molecular complexity index is 314. The monoisotopic (exact) mass is 238 g/mol. The number of hydrogen-bond donors (Lipinski definition) is 1. The number of pyridine rings is 1. The van der Waals surface area contributed by atoms with Gasteiger partial charge in [-0.15, -0.1) is 11.6 Å². The quantitative estimate of drug-likeness (QED) is 0.644. The highest BCUT2D eigenvalue weighted by Crippen LogP contribution is 2.27.